The van der Waals surface area contributed by atoms with Crippen LogP contribution >= 0.6 is 0 Å². The van der Waals surface area contributed by atoms with E-state index in [9.17, 15) is 27.9 Å². The van der Waals surface area contributed by atoms with Crippen molar-refractivity contribution in [3.05, 3.63) is 65.7 Å². The van der Waals surface area contributed by atoms with Crippen molar-refractivity contribution in [1.82, 2.24) is 0 Å². The first-order chi connectivity index (χ1) is 14.9. The number of carbonyl (C=O) groups excluding carboxylic acids is 2. The number of benzene rings is 2. The lowest BCUT2D eigenvalue weighted by Crippen LogP contribution is -2.64. The first-order valence-corrected chi connectivity index (χ1v) is 11.1. The number of aldehydes is 1. The lowest BCUT2D eigenvalue weighted by atomic mass is 9.75. The van der Waals surface area contributed by atoms with E-state index in [0.717, 1.165) is 0 Å². The molecular weight excluding hydrogens is 436 g/mol. The van der Waals surface area contributed by atoms with Crippen LogP contribution in [0.25, 0.3) is 0 Å². The van der Waals surface area contributed by atoms with Crippen molar-refractivity contribution in [3.63, 3.8) is 0 Å². The summed E-state index contributed by atoms with van der Waals surface area (Å²) in [5.41, 5.74) is 14.9. The van der Waals surface area contributed by atoms with Gasteiger partial charge in [0.05, 0.1) is 16.7 Å². The molecule has 2 aromatic rings. The molecule has 11 heteroatoms. The Balaban J connectivity index is 2.67. The molecule has 10 nitrogen and oxygen atoms in total. The first kappa shape index (κ1) is 24.9. The third kappa shape index (κ3) is 5.07. The first-order valence-electron chi connectivity index (χ1n) is 9.43. The van der Waals surface area contributed by atoms with Gasteiger partial charge in [0.2, 0.25) is 0 Å². The number of rotatable bonds is 11. The zero-order chi connectivity index (χ0) is 24.1. The second-order valence-corrected chi connectivity index (χ2v) is 9.26. The van der Waals surface area contributed by atoms with E-state index in [2.05, 4.69) is 0 Å². The SMILES string of the molecule is N=C(N)c1ccc(C(CS(=O)(=O)c2ccccc2)C(N)(C(=O)O)C(=O)C(N)CC=O)cc1. The van der Waals surface area contributed by atoms with Gasteiger partial charge in [0.15, 0.2) is 21.2 Å². The van der Waals surface area contributed by atoms with Crippen LogP contribution in [0.5, 0.6) is 0 Å². The minimum absolute atomic E-state index is 0.0808. The number of sulfone groups is 1. The molecule has 0 heterocycles. The second kappa shape index (κ2) is 9.81. The number of carboxylic acid groups (broad SMARTS) is 1. The number of hydrogen-bond donors (Lipinski definition) is 5. The summed E-state index contributed by atoms with van der Waals surface area (Å²) in [6.07, 6.45) is -0.130. The van der Waals surface area contributed by atoms with E-state index in [1.807, 2.05) is 0 Å². The van der Waals surface area contributed by atoms with Crippen LogP contribution in [0.3, 0.4) is 0 Å². The topological polar surface area (TPSA) is 207 Å². The summed E-state index contributed by atoms with van der Waals surface area (Å²) in [4.78, 5) is 36.0. The summed E-state index contributed by atoms with van der Waals surface area (Å²) in [7, 11) is -4.10. The molecule has 0 aliphatic heterocycles. The smallest absolute Gasteiger partial charge is 0.332 e. The highest BCUT2D eigenvalue weighted by molar-refractivity contribution is 7.91. The monoisotopic (exact) mass is 460 g/mol. The molecule has 3 unspecified atom stereocenters. The fraction of sp³-hybridized carbons (Fsp3) is 0.238. The largest absolute Gasteiger partial charge is 0.480 e. The van der Waals surface area contributed by atoms with Gasteiger partial charge in [0.1, 0.15) is 12.1 Å². The number of Topliss-reactive ketones (excluding diaryl/α,β-unsaturated/α-hetero) is 1. The van der Waals surface area contributed by atoms with Gasteiger partial charge in [-0.15, -0.1) is 0 Å². The summed E-state index contributed by atoms with van der Waals surface area (Å²) in [6.45, 7) is 0. The molecular formula is C21H24N4O6S. The molecule has 2 rings (SSSR count). The highest BCUT2D eigenvalue weighted by atomic mass is 32.2. The number of nitrogens with one attached hydrogen (secondary N) is 1. The van der Waals surface area contributed by atoms with Crippen LogP contribution in [0.2, 0.25) is 0 Å². The van der Waals surface area contributed by atoms with Gasteiger partial charge in [0, 0.05) is 17.9 Å². The number of hydrogen-bond acceptors (Lipinski definition) is 8. The molecule has 0 saturated carbocycles. The number of amidine groups is 1. The lowest BCUT2D eigenvalue weighted by molar-refractivity contribution is -0.150. The minimum atomic E-state index is -4.10. The fourth-order valence-corrected chi connectivity index (χ4v) is 4.93. The predicted octanol–water partition coefficient (Wildman–Crippen LogP) is -0.204. The third-order valence-corrected chi connectivity index (χ3v) is 6.87. The molecule has 0 spiro atoms. The van der Waals surface area contributed by atoms with E-state index < -0.39 is 51.3 Å². The average Bonchev–Trinajstić information content (AvgIpc) is 2.77. The van der Waals surface area contributed by atoms with Crippen LogP contribution in [-0.2, 0) is 24.2 Å². The molecule has 0 bridgehead atoms. The van der Waals surface area contributed by atoms with Crippen LogP contribution in [0, 0.1) is 5.41 Å². The number of carbonyl (C=O) groups is 3. The molecule has 0 aliphatic rings. The molecule has 0 radical (unpaired) electrons. The standard InChI is InChI=1S/C21H24N4O6S/c22-17(10-11-26)18(27)21(25,20(28)29)16(13-6-8-14(9-7-13)19(23)24)12-32(30,31)15-4-2-1-3-5-15/h1-9,11,16-17H,10,12,22,25H2,(H3,23,24)(H,28,29). The number of aliphatic carboxylic acids is 1. The quantitative estimate of drug-likeness (QED) is 0.130. The molecule has 0 amide bonds. The molecule has 32 heavy (non-hydrogen) atoms. The van der Waals surface area contributed by atoms with Crippen molar-refractivity contribution < 1.29 is 27.9 Å². The second-order valence-electron chi connectivity index (χ2n) is 7.23. The highest BCUT2D eigenvalue weighted by Gasteiger charge is 2.52. The highest BCUT2D eigenvalue weighted by Crippen LogP contribution is 2.33. The van der Waals surface area contributed by atoms with Gasteiger partial charge in [-0.05, 0) is 17.7 Å². The normalized spacial score (nSPS) is 15.2. The predicted molar refractivity (Wildman–Crippen MR) is 117 cm³/mol. The van der Waals surface area contributed by atoms with E-state index >= 15 is 0 Å². The van der Waals surface area contributed by atoms with Crippen molar-refractivity contribution >= 4 is 33.7 Å². The Kier molecular flexibility index (Phi) is 7.62. The van der Waals surface area contributed by atoms with Crippen molar-refractivity contribution in [3.8, 4) is 0 Å². The Morgan fingerprint density at radius 1 is 1.09 bits per heavy atom. The summed E-state index contributed by atoms with van der Waals surface area (Å²) >= 11 is 0. The van der Waals surface area contributed by atoms with E-state index in [-0.39, 0.29) is 16.3 Å². The minimum Gasteiger partial charge on any atom is -0.480 e. The summed E-state index contributed by atoms with van der Waals surface area (Å²) < 4.78 is 26.2. The Hall–Kier alpha value is -3.41. The van der Waals surface area contributed by atoms with Gasteiger partial charge in [-0.25, -0.2) is 13.2 Å². The van der Waals surface area contributed by atoms with Crippen molar-refractivity contribution in [2.75, 3.05) is 5.75 Å². The van der Waals surface area contributed by atoms with Gasteiger partial charge in [-0.1, -0.05) is 42.5 Å². The van der Waals surface area contributed by atoms with Gasteiger partial charge >= 0.3 is 5.97 Å². The Morgan fingerprint density at radius 2 is 1.66 bits per heavy atom. The molecule has 2 aromatic carbocycles. The van der Waals surface area contributed by atoms with Crippen LogP contribution < -0.4 is 17.2 Å². The molecule has 0 aromatic heterocycles. The molecule has 0 aliphatic carbocycles. The van der Waals surface area contributed by atoms with Gasteiger partial charge in [0.25, 0.3) is 0 Å². The molecule has 0 fully saturated rings. The van der Waals surface area contributed by atoms with Crippen molar-refractivity contribution in [2.45, 2.75) is 28.8 Å². The fourth-order valence-electron chi connectivity index (χ4n) is 3.27. The zero-order valence-corrected chi connectivity index (χ0v) is 17.8. The van der Waals surface area contributed by atoms with Crippen molar-refractivity contribution in [1.29, 1.82) is 5.41 Å². The summed E-state index contributed by atoms with van der Waals surface area (Å²) in [5.74, 6) is -5.60. The Morgan fingerprint density at radius 3 is 2.12 bits per heavy atom. The van der Waals surface area contributed by atoms with Crippen LogP contribution in [0.15, 0.2) is 59.5 Å². The van der Waals surface area contributed by atoms with Gasteiger partial charge < -0.3 is 27.1 Å². The maximum absolute atomic E-state index is 13.1. The number of nitrogens with two attached hydrogens (primary N) is 3. The van der Waals surface area contributed by atoms with Crippen LogP contribution in [0.1, 0.15) is 23.5 Å². The maximum atomic E-state index is 13.1. The molecule has 170 valence electrons. The van der Waals surface area contributed by atoms with Gasteiger partial charge in [-0.2, -0.15) is 0 Å². The Labute approximate surface area is 184 Å². The van der Waals surface area contributed by atoms with E-state index in [1.54, 1.807) is 6.07 Å². The van der Waals surface area contributed by atoms with E-state index in [1.165, 1.54) is 48.5 Å². The molecule has 8 N–H and O–H groups in total. The van der Waals surface area contributed by atoms with Crippen LogP contribution in [0.4, 0.5) is 0 Å². The third-order valence-electron chi connectivity index (χ3n) is 5.11. The van der Waals surface area contributed by atoms with Crippen molar-refractivity contribution in [2.24, 2.45) is 17.2 Å². The van der Waals surface area contributed by atoms with Gasteiger partial charge in [-0.3, -0.25) is 10.2 Å². The summed E-state index contributed by atoms with van der Waals surface area (Å²) in [6, 6.07) is 11.2. The average molecular weight is 461 g/mol. The molecule has 3 atom stereocenters. The van der Waals surface area contributed by atoms with E-state index in [0.29, 0.717) is 11.8 Å². The number of carboxylic acids is 1. The maximum Gasteiger partial charge on any atom is 0.332 e. The molecule has 0 saturated heterocycles. The summed E-state index contributed by atoms with van der Waals surface area (Å²) in [5, 5.41) is 17.4. The Bertz CT molecular complexity index is 1120. The van der Waals surface area contributed by atoms with Crippen LogP contribution in [-0.4, -0.2) is 54.7 Å². The van der Waals surface area contributed by atoms with E-state index in [4.69, 9.17) is 22.6 Å². The zero-order valence-electron chi connectivity index (χ0n) is 17.0. The lowest BCUT2D eigenvalue weighted by Gasteiger charge is -2.34. The number of ketones is 1. The number of nitrogen functional groups attached to an aromatic ring is 1.